The monoisotopic (exact) mass is 259 g/mol. The van der Waals surface area contributed by atoms with Crippen molar-refractivity contribution < 1.29 is 0 Å². The number of benzene rings is 1. The van der Waals surface area contributed by atoms with Gasteiger partial charge in [0.1, 0.15) is 0 Å². The van der Waals surface area contributed by atoms with Gasteiger partial charge in [0.2, 0.25) is 0 Å². The number of imidazole rings is 1. The van der Waals surface area contributed by atoms with Gasteiger partial charge in [-0.3, -0.25) is 9.13 Å². The predicted octanol–water partition coefficient (Wildman–Crippen LogP) is 1.92. The molecule has 1 heterocycles. The van der Waals surface area contributed by atoms with Crippen LogP contribution in [0.5, 0.6) is 0 Å². The zero-order chi connectivity index (χ0) is 13.9. The number of fused-ring (bicyclic) bond motifs is 1. The largest absolute Gasteiger partial charge is 0.328 e. The van der Waals surface area contributed by atoms with Gasteiger partial charge in [-0.2, -0.15) is 0 Å². The summed E-state index contributed by atoms with van der Waals surface area (Å²) in [4.78, 5) is 11.9. The van der Waals surface area contributed by atoms with E-state index in [4.69, 9.17) is 5.73 Å². The molecule has 0 saturated heterocycles. The van der Waals surface area contributed by atoms with Gasteiger partial charge in [-0.15, -0.1) is 0 Å². The van der Waals surface area contributed by atoms with E-state index in [2.05, 4.69) is 26.0 Å². The second kappa shape index (κ2) is 3.73. The van der Waals surface area contributed by atoms with Crippen LogP contribution in [0.3, 0.4) is 0 Å². The quantitative estimate of drug-likeness (QED) is 0.896. The number of nitrogens with two attached hydrogens (primary N) is 1. The van der Waals surface area contributed by atoms with Crippen molar-refractivity contribution in [3.63, 3.8) is 0 Å². The van der Waals surface area contributed by atoms with Crippen LogP contribution in [-0.2, 0) is 14.1 Å². The smallest absolute Gasteiger partial charge is 0.324 e. The first kappa shape index (κ1) is 12.5. The average molecular weight is 259 g/mol. The molecule has 0 bridgehead atoms. The van der Waals surface area contributed by atoms with Crippen LogP contribution >= 0.6 is 0 Å². The van der Waals surface area contributed by atoms with Gasteiger partial charge in [0.05, 0.1) is 11.0 Å². The number of aryl methyl sites for hydroxylation is 2. The zero-order valence-electron chi connectivity index (χ0n) is 12.0. The SMILES string of the molecule is Cn1c(=O)n(C)c2cc(C(N)C3CC3(C)C)ccc21. The van der Waals surface area contributed by atoms with E-state index in [-0.39, 0.29) is 11.7 Å². The molecule has 2 aromatic rings. The lowest BCUT2D eigenvalue weighted by atomic mass is 9.97. The van der Waals surface area contributed by atoms with Crippen molar-refractivity contribution in [1.82, 2.24) is 9.13 Å². The Bertz CT molecular complexity index is 708. The van der Waals surface area contributed by atoms with Crippen LogP contribution in [0.15, 0.2) is 23.0 Å². The third kappa shape index (κ3) is 1.74. The lowest BCUT2D eigenvalue weighted by Crippen LogP contribution is -2.19. The number of aromatic nitrogens is 2. The van der Waals surface area contributed by atoms with E-state index >= 15 is 0 Å². The van der Waals surface area contributed by atoms with Crippen LogP contribution in [0.4, 0.5) is 0 Å². The Kier molecular flexibility index (Phi) is 2.45. The molecule has 1 saturated carbocycles. The van der Waals surface area contributed by atoms with Gasteiger partial charge < -0.3 is 5.73 Å². The van der Waals surface area contributed by atoms with Crippen LogP contribution in [0, 0.1) is 11.3 Å². The molecule has 4 nitrogen and oxygen atoms in total. The maximum Gasteiger partial charge on any atom is 0.328 e. The third-order valence-electron chi connectivity index (χ3n) is 4.70. The Morgan fingerprint density at radius 1 is 1.26 bits per heavy atom. The number of nitrogens with zero attached hydrogens (tertiary/aromatic N) is 2. The van der Waals surface area contributed by atoms with Gasteiger partial charge in [-0.1, -0.05) is 19.9 Å². The molecule has 19 heavy (non-hydrogen) atoms. The molecule has 0 aliphatic heterocycles. The van der Waals surface area contributed by atoms with Crippen molar-refractivity contribution in [2.24, 2.45) is 31.2 Å². The predicted molar refractivity (Wildman–Crippen MR) is 77.0 cm³/mol. The Hall–Kier alpha value is -1.55. The van der Waals surface area contributed by atoms with Crippen LogP contribution in [0.2, 0.25) is 0 Å². The van der Waals surface area contributed by atoms with Gasteiger partial charge in [0.25, 0.3) is 0 Å². The summed E-state index contributed by atoms with van der Waals surface area (Å²) in [6, 6.07) is 6.19. The summed E-state index contributed by atoms with van der Waals surface area (Å²) in [5.74, 6) is 0.547. The maximum absolute atomic E-state index is 11.9. The maximum atomic E-state index is 11.9. The minimum absolute atomic E-state index is 0.00692. The number of rotatable bonds is 2. The molecular weight excluding hydrogens is 238 g/mol. The molecule has 4 heteroatoms. The molecule has 102 valence electrons. The van der Waals surface area contributed by atoms with E-state index in [1.807, 2.05) is 6.07 Å². The third-order valence-corrected chi connectivity index (χ3v) is 4.70. The van der Waals surface area contributed by atoms with Gasteiger partial charge in [0, 0.05) is 20.1 Å². The molecule has 3 rings (SSSR count). The fourth-order valence-electron chi connectivity index (χ4n) is 3.08. The van der Waals surface area contributed by atoms with E-state index in [9.17, 15) is 4.79 Å². The zero-order valence-corrected chi connectivity index (χ0v) is 12.0. The molecule has 1 aromatic heterocycles. The molecule has 1 aliphatic rings. The standard InChI is InChI=1S/C15H21N3O/c1-15(2)8-10(15)13(16)9-5-6-11-12(7-9)18(4)14(19)17(11)3/h5-7,10,13H,8,16H2,1-4H3. The van der Waals surface area contributed by atoms with Crippen molar-refractivity contribution >= 4 is 11.0 Å². The minimum Gasteiger partial charge on any atom is -0.324 e. The average Bonchev–Trinajstić information content (AvgIpc) is 2.97. The number of hydrogen-bond donors (Lipinski definition) is 1. The first-order valence-electron chi connectivity index (χ1n) is 6.74. The highest BCUT2D eigenvalue weighted by atomic mass is 16.1. The molecule has 0 radical (unpaired) electrons. The van der Waals surface area contributed by atoms with E-state index in [0.717, 1.165) is 16.6 Å². The molecule has 2 unspecified atom stereocenters. The first-order valence-corrected chi connectivity index (χ1v) is 6.74. The molecule has 0 amide bonds. The summed E-state index contributed by atoms with van der Waals surface area (Å²) >= 11 is 0. The van der Waals surface area contributed by atoms with Crippen LogP contribution in [-0.4, -0.2) is 9.13 Å². The van der Waals surface area contributed by atoms with Crippen molar-refractivity contribution in [1.29, 1.82) is 0 Å². The van der Waals surface area contributed by atoms with Crippen molar-refractivity contribution in [3.8, 4) is 0 Å². The topological polar surface area (TPSA) is 53.0 Å². The number of hydrogen-bond acceptors (Lipinski definition) is 2. The van der Waals surface area contributed by atoms with Gasteiger partial charge >= 0.3 is 5.69 Å². The van der Waals surface area contributed by atoms with Gasteiger partial charge in [-0.05, 0) is 35.4 Å². The van der Waals surface area contributed by atoms with Gasteiger partial charge in [-0.25, -0.2) is 4.79 Å². The van der Waals surface area contributed by atoms with Crippen LogP contribution in [0.1, 0.15) is 31.9 Å². The Balaban J connectivity index is 2.07. The Morgan fingerprint density at radius 2 is 1.84 bits per heavy atom. The van der Waals surface area contributed by atoms with E-state index < -0.39 is 0 Å². The summed E-state index contributed by atoms with van der Waals surface area (Å²) < 4.78 is 3.36. The molecule has 2 N–H and O–H groups in total. The molecule has 1 aromatic carbocycles. The fraction of sp³-hybridized carbons (Fsp3) is 0.533. The Labute approximate surface area is 112 Å². The molecule has 1 aliphatic carbocycles. The summed E-state index contributed by atoms with van der Waals surface area (Å²) in [6.07, 6.45) is 1.18. The van der Waals surface area contributed by atoms with E-state index in [0.29, 0.717) is 11.3 Å². The van der Waals surface area contributed by atoms with Gasteiger partial charge in [0.15, 0.2) is 0 Å². The molecular formula is C15H21N3O. The highest BCUT2D eigenvalue weighted by Crippen LogP contribution is 2.57. The summed E-state index contributed by atoms with van der Waals surface area (Å²) in [5, 5.41) is 0. The summed E-state index contributed by atoms with van der Waals surface area (Å²) in [5.41, 5.74) is 9.78. The molecule has 2 atom stereocenters. The highest BCUT2D eigenvalue weighted by Gasteiger charge is 2.49. The van der Waals surface area contributed by atoms with Crippen molar-refractivity contribution in [2.75, 3.05) is 0 Å². The lowest BCUT2D eigenvalue weighted by Gasteiger charge is -2.14. The van der Waals surface area contributed by atoms with E-state index in [1.165, 1.54) is 6.42 Å². The summed E-state index contributed by atoms with van der Waals surface area (Å²) in [6.45, 7) is 4.52. The van der Waals surface area contributed by atoms with Crippen LogP contribution in [0.25, 0.3) is 11.0 Å². The molecule has 1 fully saturated rings. The highest BCUT2D eigenvalue weighted by molar-refractivity contribution is 5.77. The molecule has 0 spiro atoms. The van der Waals surface area contributed by atoms with E-state index in [1.54, 1.807) is 23.2 Å². The fourth-order valence-corrected chi connectivity index (χ4v) is 3.08. The second-order valence-corrected chi connectivity index (χ2v) is 6.47. The first-order chi connectivity index (χ1) is 8.83. The van der Waals surface area contributed by atoms with Crippen LogP contribution < -0.4 is 11.4 Å². The van der Waals surface area contributed by atoms with Crippen molar-refractivity contribution in [3.05, 3.63) is 34.2 Å². The summed E-state index contributed by atoms with van der Waals surface area (Å²) in [7, 11) is 3.61. The lowest BCUT2D eigenvalue weighted by molar-refractivity contribution is 0.491. The second-order valence-electron chi connectivity index (χ2n) is 6.47. The Morgan fingerprint density at radius 3 is 2.42 bits per heavy atom. The van der Waals surface area contributed by atoms with Crippen molar-refractivity contribution in [2.45, 2.75) is 26.3 Å². The normalized spacial score (nSPS) is 22.7. The minimum atomic E-state index is 0.00692.